The van der Waals surface area contributed by atoms with Crippen LogP contribution in [0.4, 0.5) is 5.82 Å². The van der Waals surface area contributed by atoms with E-state index in [9.17, 15) is 14.4 Å². The van der Waals surface area contributed by atoms with E-state index in [0.29, 0.717) is 11.3 Å². The maximum Gasteiger partial charge on any atom is 0.254 e. The number of carbonyl (C=O) groups is 3. The number of nitrogens with one attached hydrogen (secondary N) is 1. The fourth-order valence-corrected chi connectivity index (χ4v) is 2.99. The number of anilines is 1. The predicted octanol–water partition coefficient (Wildman–Crippen LogP) is 3.69. The van der Waals surface area contributed by atoms with Gasteiger partial charge in [-0.3, -0.25) is 14.4 Å². The highest BCUT2D eigenvalue weighted by atomic mass is 79.9. The molecule has 1 aromatic heterocycles. The molecule has 0 aliphatic heterocycles. The Morgan fingerprint density at radius 1 is 1.07 bits per heavy atom. The largest absolute Gasteiger partial charge is 0.360 e. The number of halogens is 1. The minimum atomic E-state index is -0.433. The number of carbonyl (C=O) groups excluding carboxylic acids is 3. The molecule has 0 saturated carbocycles. The summed E-state index contributed by atoms with van der Waals surface area (Å²) in [4.78, 5) is 39.2. The van der Waals surface area contributed by atoms with Crippen LogP contribution in [0.1, 0.15) is 32.0 Å². The van der Waals surface area contributed by atoms with Gasteiger partial charge in [-0.1, -0.05) is 39.3 Å². The lowest BCUT2D eigenvalue weighted by Gasteiger charge is -2.18. The summed E-state index contributed by atoms with van der Waals surface area (Å²) in [5.74, 6) is -0.287. The van der Waals surface area contributed by atoms with E-state index in [4.69, 9.17) is 4.52 Å². The van der Waals surface area contributed by atoms with Crippen LogP contribution in [0.25, 0.3) is 0 Å². The Kier molecular flexibility index (Phi) is 6.23. The van der Waals surface area contributed by atoms with Crippen molar-refractivity contribution < 1.29 is 18.9 Å². The monoisotopic (exact) mass is 455 g/mol. The first-order valence-electron chi connectivity index (χ1n) is 8.73. The van der Waals surface area contributed by atoms with Crippen molar-refractivity contribution in [3.8, 4) is 0 Å². The molecule has 0 aliphatic rings. The van der Waals surface area contributed by atoms with E-state index in [1.807, 2.05) is 0 Å². The van der Waals surface area contributed by atoms with E-state index in [0.717, 1.165) is 4.47 Å². The Hall–Kier alpha value is -3.26. The third-order valence-corrected chi connectivity index (χ3v) is 4.66. The average Bonchev–Trinajstić information content (AvgIpc) is 3.11. The van der Waals surface area contributed by atoms with E-state index in [1.165, 1.54) is 11.9 Å². The standard InChI is InChI=1S/C21H18BrN3O4/c1-13-11-18(24-29-13)23-19(26)12-25(2)21(28)17-6-4-3-5-16(17)20(27)14-7-9-15(22)10-8-14/h3-11H,12H2,1-2H3,(H,23,24,26). The number of aromatic nitrogens is 1. The zero-order valence-electron chi connectivity index (χ0n) is 15.8. The first kappa shape index (κ1) is 20.5. The smallest absolute Gasteiger partial charge is 0.254 e. The third-order valence-electron chi connectivity index (χ3n) is 4.13. The average molecular weight is 456 g/mol. The van der Waals surface area contributed by atoms with E-state index in [2.05, 4.69) is 26.4 Å². The lowest BCUT2D eigenvalue weighted by Crippen LogP contribution is -2.35. The molecule has 0 radical (unpaired) electrons. The number of nitrogens with zero attached hydrogens (tertiary/aromatic N) is 2. The molecule has 0 fully saturated rings. The summed E-state index contributed by atoms with van der Waals surface area (Å²) < 4.78 is 5.75. The van der Waals surface area contributed by atoms with Gasteiger partial charge in [0.25, 0.3) is 5.91 Å². The van der Waals surface area contributed by atoms with Gasteiger partial charge in [-0.15, -0.1) is 0 Å². The van der Waals surface area contributed by atoms with Gasteiger partial charge in [0.05, 0.1) is 12.1 Å². The molecular formula is C21H18BrN3O4. The molecule has 3 rings (SSSR count). The number of hydrogen-bond donors (Lipinski definition) is 1. The second-order valence-corrected chi connectivity index (χ2v) is 7.33. The van der Waals surface area contributed by atoms with Gasteiger partial charge in [0.2, 0.25) is 5.91 Å². The van der Waals surface area contributed by atoms with Gasteiger partial charge in [0.1, 0.15) is 5.76 Å². The van der Waals surface area contributed by atoms with Crippen molar-refractivity contribution in [2.24, 2.45) is 0 Å². The van der Waals surface area contributed by atoms with Crippen molar-refractivity contribution in [1.82, 2.24) is 10.1 Å². The Bertz CT molecular complexity index is 1060. The summed E-state index contributed by atoms with van der Waals surface area (Å²) >= 11 is 3.34. The van der Waals surface area contributed by atoms with Crippen molar-refractivity contribution in [3.63, 3.8) is 0 Å². The SMILES string of the molecule is Cc1cc(NC(=O)CN(C)C(=O)c2ccccc2C(=O)c2ccc(Br)cc2)no1. The van der Waals surface area contributed by atoms with Gasteiger partial charge in [-0.05, 0) is 37.3 Å². The number of rotatable bonds is 6. The summed E-state index contributed by atoms with van der Waals surface area (Å²) in [5, 5.41) is 6.24. The Morgan fingerprint density at radius 3 is 2.34 bits per heavy atom. The number of likely N-dealkylation sites (N-methyl/N-ethyl adjacent to an activating group) is 1. The van der Waals surface area contributed by atoms with Crippen LogP contribution in [-0.4, -0.2) is 41.2 Å². The zero-order valence-corrected chi connectivity index (χ0v) is 17.4. The molecule has 2 aromatic carbocycles. The highest BCUT2D eigenvalue weighted by Gasteiger charge is 2.22. The zero-order chi connectivity index (χ0) is 21.0. The van der Waals surface area contributed by atoms with E-state index >= 15 is 0 Å². The van der Waals surface area contributed by atoms with Crippen molar-refractivity contribution in [2.45, 2.75) is 6.92 Å². The highest BCUT2D eigenvalue weighted by Crippen LogP contribution is 2.18. The highest BCUT2D eigenvalue weighted by molar-refractivity contribution is 9.10. The van der Waals surface area contributed by atoms with Crippen LogP contribution in [-0.2, 0) is 4.79 Å². The second kappa shape index (κ2) is 8.83. The fraction of sp³-hybridized carbons (Fsp3) is 0.143. The van der Waals surface area contributed by atoms with Crippen LogP contribution in [0.5, 0.6) is 0 Å². The number of amides is 2. The van der Waals surface area contributed by atoms with E-state index < -0.39 is 11.8 Å². The minimum Gasteiger partial charge on any atom is -0.360 e. The Morgan fingerprint density at radius 2 is 1.72 bits per heavy atom. The van der Waals surface area contributed by atoms with Crippen LogP contribution in [0, 0.1) is 6.92 Å². The number of benzene rings is 2. The summed E-state index contributed by atoms with van der Waals surface area (Å²) in [7, 11) is 1.50. The van der Waals surface area contributed by atoms with Gasteiger partial charge in [0, 0.05) is 28.7 Å². The summed E-state index contributed by atoms with van der Waals surface area (Å²) in [6.45, 7) is 1.50. The normalized spacial score (nSPS) is 10.4. The van der Waals surface area contributed by atoms with E-state index in [-0.39, 0.29) is 29.3 Å². The molecule has 2 amide bonds. The van der Waals surface area contributed by atoms with Crippen LogP contribution in [0.2, 0.25) is 0 Å². The quantitative estimate of drug-likeness (QED) is 0.572. The van der Waals surface area contributed by atoms with Crippen molar-refractivity contribution >= 4 is 39.3 Å². The van der Waals surface area contributed by atoms with Gasteiger partial charge in [-0.25, -0.2) is 0 Å². The molecule has 0 spiro atoms. The third kappa shape index (κ3) is 4.97. The molecule has 0 atom stereocenters. The molecular weight excluding hydrogens is 438 g/mol. The lowest BCUT2D eigenvalue weighted by atomic mass is 9.97. The molecule has 3 aromatic rings. The first-order valence-corrected chi connectivity index (χ1v) is 9.52. The van der Waals surface area contributed by atoms with Crippen molar-refractivity contribution in [1.29, 1.82) is 0 Å². The minimum absolute atomic E-state index is 0.203. The molecule has 0 aliphatic carbocycles. The molecule has 29 heavy (non-hydrogen) atoms. The van der Waals surface area contributed by atoms with Crippen molar-refractivity contribution in [2.75, 3.05) is 18.9 Å². The number of hydrogen-bond acceptors (Lipinski definition) is 5. The fourth-order valence-electron chi connectivity index (χ4n) is 2.72. The second-order valence-electron chi connectivity index (χ2n) is 6.41. The molecule has 0 saturated heterocycles. The predicted molar refractivity (Wildman–Crippen MR) is 111 cm³/mol. The van der Waals surface area contributed by atoms with Crippen LogP contribution < -0.4 is 5.32 Å². The van der Waals surface area contributed by atoms with Crippen molar-refractivity contribution in [3.05, 3.63) is 81.5 Å². The molecule has 148 valence electrons. The van der Waals surface area contributed by atoms with E-state index in [1.54, 1.807) is 61.5 Å². The van der Waals surface area contributed by atoms with Crippen LogP contribution >= 0.6 is 15.9 Å². The van der Waals surface area contributed by atoms with Gasteiger partial charge >= 0.3 is 0 Å². The van der Waals surface area contributed by atoms with Crippen LogP contribution in [0.3, 0.4) is 0 Å². The molecule has 1 heterocycles. The lowest BCUT2D eigenvalue weighted by molar-refractivity contribution is -0.116. The summed E-state index contributed by atoms with van der Waals surface area (Å²) in [5.41, 5.74) is 0.974. The number of aryl methyl sites for hydroxylation is 1. The Labute approximate surface area is 175 Å². The Balaban J connectivity index is 1.75. The number of ketones is 1. The maximum absolute atomic E-state index is 12.9. The molecule has 0 bridgehead atoms. The molecule has 1 N–H and O–H groups in total. The van der Waals surface area contributed by atoms with Crippen LogP contribution in [0.15, 0.2) is 63.6 Å². The maximum atomic E-state index is 12.9. The molecule has 0 unspecified atom stereocenters. The first-order chi connectivity index (χ1) is 13.8. The van der Waals surface area contributed by atoms with Gasteiger partial charge in [-0.2, -0.15) is 0 Å². The van der Waals surface area contributed by atoms with Gasteiger partial charge in [0.15, 0.2) is 11.6 Å². The summed E-state index contributed by atoms with van der Waals surface area (Å²) in [6.07, 6.45) is 0. The topological polar surface area (TPSA) is 92.5 Å². The summed E-state index contributed by atoms with van der Waals surface area (Å²) in [6, 6.07) is 15.0. The van der Waals surface area contributed by atoms with Gasteiger partial charge < -0.3 is 14.7 Å². The molecule has 7 nitrogen and oxygen atoms in total. The molecule has 8 heteroatoms.